The molecule has 1 aliphatic heterocycles. The number of aliphatic carboxylic acids is 1. The molecule has 0 fully saturated rings. The number of benzene rings is 2. The van der Waals surface area contributed by atoms with E-state index in [4.69, 9.17) is 16.3 Å². The highest BCUT2D eigenvalue weighted by molar-refractivity contribution is 6.29. The Labute approximate surface area is 207 Å². The Kier molecular flexibility index (Phi) is 7.62. The summed E-state index contributed by atoms with van der Waals surface area (Å²) in [6, 6.07) is 17.9. The smallest absolute Gasteiger partial charge is 0.411 e. The van der Waals surface area contributed by atoms with Crippen LogP contribution in [0.4, 0.5) is 4.79 Å². The lowest BCUT2D eigenvalue weighted by Crippen LogP contribution is -2.56. The van der Waals surface area contributed by atoms with Crippen molar-refractivity contribution in [3.63, 3.8) is 0 Å². The van der Waals surface area contributed by atoms with E-state index in [1.54, 1.807) is 12.1 Å². The number of ether oxygens (including phenoxy) is 1. The molecule has 0 radical (unpaired) electrons. The lowest BCUT2D eigenvalue weighted by molar-refractivity contribution is -0.142. The number of hydrogen-bond acceptors (Lipinski definition) is 5. The van der Waals surface area contributed by atoms with Crippen molar-refractivity contribution in [2.24, 2.45) is 0 Å². The van der Waals surface area contributed by atoms with Gasteiger partial charge in [0.1, 0.15) is 23.8 Å². The van der Waals surface area contributed by atoms with E-state index in [2.05, 4.69) is 10.3 Å². The molecule has 9 heteroatoms. The molecule has 0 bridgehead atoms. The number of pyridine rings is 1. The minimum Gasteiger partial charge on any atom is -0.480 e. The van der Waals surface area contributed by atoms with Gasteiger partial charge in [0, 0.05) is 19.0 Å². The van der Waals surface area contributed by atoms with Gasteiger partial charge in [-0.1, -0.05) is 72.3 Å². The van der Waals surface area contributed by atoms with Gasteiger partial charge < -0.3 is 15.2 Å². The van der Waals surface area contributed by atoms with Gasteiger partial charge in [-0.25, -0.2) is 14.6 Å². The zero-order valence-corrected chi connectivity index (χ0v) is 19.5. The summed E-state index contributed by atoms with van der Waals surface area (Å²) in [5.74, 6) is -1.76. The molecule has 0 unspecified atom stereocenters. The standard InChI is InChI=1S/C26H24ClN3O5/c27-23-11-10-18(14-28-23)12-21(25(32)33)29-24(31)22-13-19-8-4-5-9-20(19)15-30(22)26(34)35-16-17-6-2-1-3-7-17/h1-11,14,21-22H,12-13,15-16H2,(H,29,31)(H,32,33)/t21-,22-/m0/s1. The van der Waals surface area contributed by atoms with E-state index >= 15 is 0 Å². The van der Waals surface area contributed by atoms with Crippen molar-refractivity contribution < 1.29 is 24.2 Å². The van der Waals surface area contributed by atoms with Crippen LogP contribution in [0.25, 0.3) is 0 Å². The van der Waals surface area contributed by atoms with E-state index in [0.717, 1.165) is 16.7 Å². The maximum Gasteiger partial charge on any atom is 0.411 e. The fraction of sp³-hybridized carbons (Fsp3) is 0.231. The van der Waals surface area contributed by atoms with Gasteiger partial charge in [-0.3, -0.25) is 9.69 Å². The summed E-state index contributed by atoms with van der Waals surface area (Å²) < 4.78 is 5.49. The average molecular weight is 494 g/mol. The van der Waals surface area contributed by atoms with Crippen LogP contribution in [-0.4, -0.2) is 45.0 Å². The van der Waals surface area contributed by atoms with Gasteiger partial charge >= 0.3 is 12.1 Å². The van der Waals surface area contributed by atoms with Gasteiger partial charge in [0.15, 0.2) is 0 Å². The van der Waals surface area contributed by atoms with Gasteiger partial charge in [-0.15, -0.1) is 0 Å². The number of nitrogens with zero attached hydrogens (tertiary/aromatic N) is 2. The van der Waals surface area contributed by atoms with Crippen LogP contribution in [0.2, 0.25) is 5.15 Å². The van der Waals surface area contributed by atoms with Gasteiger partial charge in [-0.2, -0.15) is 0 Å². The van der Waals surface area contributed by atoms with Gasteiger partial charge in [0.2, 0.25) is 5.91 Å². The zero-order valence-electron chi connectivity index (χ0n) is 18.8. The van der Waals surface area contributed by atoms with Crippen LogP contribution in [0, 0.1) is 0 Å². The van der Waals surface area contributed by atoms with E-state index in [-0.39, 0.29) is 31.1 Å². The summed E-state index contributed by atoms with van der Waals surface area (Å²) in [5, 5.41) is 12.6. The van der Waals surface area contributed by atoms with E-state index in [0.29, 0.717) is 5.56 Å². The Balaban J connectivity index is 1.51. The number of rotatable bonds is 7. The number of nitrogens with one attached hydrogen (secondary N) is 1. The maximum absolute atomic E-state index is 13.3. The number of hydrogen-bond donors (Lipinski definition) is 2. The molecule has 0 saturated carbocycles. The molecule has 0 aliphatic carbocycles. The fourth-order valence-corrected chi connectivity index (χ4v) is 4.09. The van der Waals surface area contributed by atoms with Gasteiger partial charge in [-0.05, 0) is 28.3 Å². The Bertz CT molecular complexity index is 1200. The van der Waals surface area contributed by atoms with Crippen molar-refractivity contribution >= 4 is 29.6 Å². The van der Waals surface area contributed by atoms with Crippen molar-refractivity contribution in [2.45, 2.75) is 38.1 Å². The monoisotopic (exact) mass is 493 g/mol. The Morgan fingerprint density at radius 3 is 2.43 bits per heavy atom. The number of aromatic nitrogens is 1. The van der Waals surface area contributed by atoms with E-state index in [1.807, 2.05) is 54.6 Å². The topological polar surface area (TPSA) is 109 Å². The number of amides is 2. The molecule has 0 saturated heterocycles. The lowest BCUT2D eigenvalue weighted by Gasteiger charge is -2.35. The largest absolute Gasteiger partial charge is 0.480 e. The van der Waals surface area contributed by atoms with Crippen LogP contribution in [0.3, 0.4) is 0 Å². The molecule has 2 heterocycles. The van der Waals surface area contributed by atoms with Crippen LogP contribution in [0.15, 0.2) is 72.9 Å². The van der Waals surface area contributed by atoms with E-state index in [9.17, 15) is 19.5 Å². The van der Waals surface area contributed by atoms with E-state index < -0.39 is 30.1 Å². The number of carbonyl (C=O) groups excluding carboxylic acids is 2. The number of halogens is 1. The third-order valence-corrected chi connectivity index (χ3v) is 6.06. The van der Waals surface area contributed by atoms with Crippen molar-refractivity contribution in [1.82, 2.24) is 15.2 Å². The van der Waals surface area contributed by atoms with Crippen molar-refractivity contribution in [1.29, 1.82) is 0 Å². The van der Waals surface area contributed by atoms with Crippen LogP contribution in [0.5, 0.6) is 0 Å². The third-order valence-electron chi connectivity index (χ3n) is 5.83. The average Bonchev–Trinajstić information content (AvgIpc) is 2.87. The van der Waals surface area contributed by atoms with Gasteiger partial charge in [0.05, 0.1) is 6.54 Å². The lowest BCUT2D eigenvalue weighted by atomic mass is 9.93. The molecule has 2 atom stereocenters. The molecule has 35 heavy (non-hydrogen) atoms. The normalized spacial score (nSPS) is 15.6. The first-order chi connectivity index (χ1) is 16.9. The van der Waals surface area contributed by atoms with Crippen molar-refractivity contribution in [2.75, 3.05) is 0 Å². The van der Waals surface area contributed by atoms with Crippen LogP contribution < -0.4 is 5.32 Å². The first kappa shape index (κ1) is 24.2. The Morgan fingerprint density at radius 1 is 1.03 bits per heavy atom. The highest BCUT2D eigenvalue weighted by atomic mass is 35.5. The number of carboxylic acids is 1. The second-order valence-electron chi connectivity index (χ2n) is 8.25. The molecule has 2 amide bonds. The summed E-state index contributed by atoms with van der Waals surface area (Å²) in [7, 11) is 0. The summed E-state index contributed by atoms with van der Waals surface area (Å²) in [5.41, 5.74) is 3.26. The zero-order chi connectivity index (χ0) is 24.8. The molecule has 1 aromatic heterocycles. The number of carbonyl (C=O) groups is 3. The first-order valence-electron chi connectivity index (χ1n) is 11.1. The molecular formula is C26H24ClN3O5. The second kappa shape index (κ2) is 11.0. The predicted octanol–water partition coefficient (Wildman–Crippen LogP) is 3.61. The Hall–Kier alpha value is -3.91. The third kappa shape index (κ3) is 6.16. The summed E-state index contributed by atoms with van der Waals surface area (Å²) in [4.78, 5) is 43.5. The summed E-state index contributed by atoms with van der Waals surface area (Å²) in [6.07, 6.45) is 1.09. The van der Waals surface area contributed by atoms with Crippen LogP contribution in [0.1, 0.15) is 22.3 Å². The Morgan fingerprint density at radius 2 is 1.74 bits per heavy atom. The summed E-state index contributed by atoms with van der Waals surface area (Å²) >= 11 is 5.80. The molecule has 180 valence electrons. The van der Waals surface area contributed by atoms with Crippen LogP contribution in [-0.2, 0) is 40.3 Å². The molecule has 4 rings (SSSR count). The SMILES string of the molecule is O=C(O)[C@H](Cc1ccc(Cl)nc1)NC(=O)[C@@H]1Cc2ccccc2CN1C(=O)OCc1ccccc1. The van der Waals surface area contributed by atoms with Crippen molar-refractivity contribution in [3.8, 4) is 0 Å². The highest BCUT2D eigenvalue weighted by Gasteiger charge is 2.37. The molecule has 8 nitrogen and oxygen atoms in total. The summed E-state index contributed by atoms with van der Waals surface area (Å²) in [6.45, 7) is 0.244. The molecule has 2 aromatic carbocycles. The highest BCUT2D eigenvalue weighted by Crippen LogP contribution is 2.25. The first-order valence-corrected chi connectivity index (χ1v) is 11.5. The van der Waals surface area contributed by atoms with Gasteiger partial charge in [0.25, 0.3) is 0 Å². The van der Waals surface area contributed by atoms with Crippen molar-refractivity contribution in [3.05, 3.63) is 100 Å². The quantitative estimate of drug-likeness (QED) is 0.487. The van der Waals surface area contributed by atoms with E-state index in [1.165, 1.54) is 11.1 Å². The minimum absolute atomic E-state index is 0.0208. The molecule has 2 N–H and O–H groups in total. The molecule has 0 spiro atoms. The fourth-order valence-electron chi connectivity index (χ4n) is 3.98. The molecule has 3 aromatic rings. The second-order valence-corrected chi connectivity index (χ2v) is 8.64. The molecule has 1 aliphatic rings. The number of fused-ring (bicyclic) bond motifs is 1. The minimum atomic E-state index is -1.20. The maximum atomic E-state index is 13.3. The molecular weight excluding hydrogens is 470 g/mol. The predicted molar refractivity (Wildman–Crippen MR) is 129 cm³/mol. The number of carboxylic acid groups (broad SMARTS) is 1. The van der Waals surface area contributed by atoms with Crippen LogP contribution >= 0.6 is 11.6 Å².